The molecule has 4 aliphatic rings. The van der Waals surface area contributed by atoms with Crippen molar-refractivity contribution in [3.05, 3.63) is 85.7 Å². The van der Waals surface area contributed by atoms with Gasteiger partial charge in [-0.05, 0) is 127 Å². The van der Waals surface area contributed by atoms with E-state index in [9.17, 15) is 31.2 Å². The van der Waals surface area contributed by atoms with Crippen LogP contribution in [0.2, 0.25) is 0 Å². The van der Waals surface area contributed by atoms with E-state index in [-0.39, 0.29) is 45.2 Å². The van der Waals surface area contributed by atoms with E-state index >= 15 is 0 Å². The lowest BCUT2D eigenvalue weighted by atomic mass is 9.91. The summed E-state index contributed by atoms with van der Waals surface area (Å²) in [5.74, 6) is -0.521. The van der Waals surface area contributed by atoms with E-state index in [0.717, 1.165) is 81.6 Å². The number of sulfone groups is 1. The van der Waals surface area contributed by atoms with Crippen LogP contribution in [0.4, 0.5) is 0 Å². The van der Waals surface area contributed by atoms with Crippen LogP contribution in [0.3, 0.4) is 0 Å². The Bertz CT molecular complexity index is 2460. The van der Waals surface area contributed by atoms with Crippen molar-refractivity contribution in [3.8, 4) is 12.0 Å². The molecule has 0 saturated heterocycles. The van der Waals surface area contributed by atoms with Crippen LogP contribution >= 0.6 is 0 Å². The van der Waals surface area contributed by atoms with Gasteiger partial charge in [0.25, 0.3) is 16.3 Å². The monoisotopic (exact) mass is 802 g/mol. The van der Waals surface area contributed by atoms with Gasteiger partial charge in [-0.3, -0.25) is 23.7 Å². The Kier molecular flexibility index (Phi) is 11.8. The Morgan fingerprint density at radius 3 is 1.50 bits per heavy atom. The number of Topliss-reactive ketones (excluding diaryl/α,β-unsaturated/α-hetero) is 3. The third-order valence-corrected chi connectivity index (χ3v) is 13.3. The average molecular weight is 803 g/mol. The topological polar surface area (TPSA) is 214 Å². The number of ether oxygens (including phenoxy) is 1. The van der Waals surface area contributed by atoms with Crippen molar-refractivity contribution in [3.63, 3.8) is 0 Å². The maximum Gasteiger partial charge on any atom is 0.292 e. The molecule has 14 nitrogen and oxygen atoms in total. The Balaban J connectivity index is 0.000000159. The van der Waals surface area contributed by atoms with E-state index < -0.39 is 25.6 Å². The molecule has 2 heterocycles. The molecule has 16 heteroatoms. The quantitative estimate of drug-likeness (QED) is 0.189. The van der Waals surface area contributed by atoms with Gasteiger partial charge < -0.3 is 4.74 Å². The highest BCUT2D eigenvalue weighted by Gasteiger charge is 2.29. The second-order valence-electron chi connectivity index (χ2n) is 14.8. The minimum Gasteiger partial charge on any atom is -0.387 e. The Labute approximate surface area is 327 Å². The van der Waals surface area contributed by atoms with Crippen molar-refractivity contribution in [2.24, 2.45) is 19.2 Å². The molecule has 8 rings (SSSR count). The Morgan fingerprint density at radius 1 is 0.696 bits per heavy atom. The minimum absolute atomic E-state index is 0.164. The van der Waals surface area contributed by atoms with Crippen LogP contribution in [0, 0.1) is 11.5 Å². The zero-order valence-electron chi connectivity index (χ0n) is 32.1. The highest BCUT2D eigenvalue weighted by atomic mass is 32.2. The first-order chi connectivity index (χ1) is 26.5. The molecule has 0 bridgehead atoms. The molecule has 4 aromatic rings. The molecule has 0 aliphatic heterocycles. The second-order valence-corrected chi connectivity index (χ2v) is 18.3. The van der Waals surface area contributed by atoms with Gasteiger partial charge in [0, 0.05) is 46.5 Å². The number of carbonyl (C=O) groups excluding carboxylic acids is 3. The number of aryl methyl sites for hydroxylation is 6. The molecule has 0 saturated carbocycles. The lowest BCUT2D eigenvalue weighted by molar-refractivity contribution is -0.116. The summed E-state index contributed by atoms with van der Waals surface area (Å²) in [5.41, 5.74) is 12.1. The van der Waals surface area contributed by atoms with Crippen LogP contribution in [0.25, 0.3) is 0 Å². The standard InChI is InChI=1S/C21H24N2O4S.C13H13NO.C6H9N3O3S/c1-13(24)20-11-21(22-23(20)2)28(26,27)12-16(25)10-19-17-7-3-5-14(17)9-15-6-4-8-18(15)19;14-8-15-13-11-5-1-3-9(11)7-10-4-2-6-12(10)13;1-4(10)5-3-6(8-9(5)2)13(7,11)12/h9,11H,3-8,10,12H2,1-2H3;7H,1-6H2;3H,1-2H3,(H2,7,11,12). The first-order valence-corrected chi connectivity index (χ1v) is 21.9. The number of fused-ring (bicyclic) bond motifs is 4. The van der Waals surface area contributed by atoms with Crippen molar-refractivity contribution in [2.75, 3.05) is 5.75 Å². The van der Waals surface area contributed by atoms with Gasteiger partial charge in [0.2, 0.25) is 9.84 Å². The summed E-state index contributed by atoms with van der Waals surface area (Å²) in [5, 5.41) is 20.6. The molecule has 4 aliphatic carbocycles. The summed E-state index contributed by atoms with van der Waals surface area (Å²) < 4.78 is 54.6. The number of nitrogens with two attached hydrogens (primary N) is 1. The van der Waals surface area contributed by atoms with Gasteiger partial charge >= 0.3 is 0 Å². The Hall–Kier alpha value is -4.98. The molecule has 56 heavy (non-hydrogen) atoms. The first kappa shape index (κ1) is 40.7. The maximum absolute atomic E-state index is 12.7. The SMILES string of the molecule is CC(=O)c1cc(S(=O)(=O)CC(=O)Cc2c3c(cc4c2CCC4)CCC3)nn1C.CC(=O)c1cc(S(N)(=O)=O)nn1C.N#COc1c2c(cc3c1CCC3)CCC2. The van der Waals surface area contributed by atoms with Crippen LogP contribution in [-0.4, -0.2) is 59.5 Å². The van der Waals surface area contributed by atoms with Gasteiger partial charge in [-0.15, -0.1) is 5.26 Å². The fourth-order valence-electron chi connectivity index (χ4n) is 8.45. The fourth-order valence-corrected chi connectivity index (χ4v) is 10.2. The molecule has 0 fully saturated rings. The van der Waals surface area contributed by atoms with E-state index in [1.807, 2.05) is 6.26 Å². The molecule has 0 radical (unpaired) electrons. The molecule has 2 N–H and O–H groups in total. The lowest BCUT2D eigenvalue weighted by Gasteiger charge is -2.14. The van der Waals surface area contributed by atoms with Gasteiger partial charge in [0.15, 0.2) is 27.4 Å². The number of benzene rings is 2. The van der Waals surface area contributed by atoms with E-state index in [0.29, 0.717) is 0 Å². The van der Waals surface area contributed by atoms with Crippen molar-refractivity contribution in [1.29, 1.82) is 5.26 Å². The molecule has 0 atom stereocenters. The lowest BCUT2D eigenvalue weighted by Crippen LogP contribution is -2.20. The van der Waals surface area contributed by atoms with Crippen LogP contribution in [-0.2, 0) is 96.5 Å². The number of hydrogen-bond donors (Lipinski definition) is 1. The van der Waals surface area contributed by atoms with Gasteiger partial charge in [0.05, 0.1) is 0 Å². The van der Waals surface area contributed by atoms with E-state index in [1.165, 1.54) is 101 Å². The minimum atomic E-state index is -3.88. The van der Waals surface area contributed by atoms with E-state index in [1.54, 1.807) is 0 Å². The van der Waals surface area contributed by atoms with Crippen molar-refractivity contribution < 1.29 is 36.0 Å². The second kappa shape index (κ2) is 16.2. The third-order valence-electron chi connectivity index (χ3n) is 10.9. The normalized spacial score (nSPS) is 15.0. The van der Waals surface area contributed by atoms with Gasteiger partial charge in [0.1, 0.15) is 22.9 Å². The number of ketones is 3. The molecule has 0 amide bonds. The zero-order valence-corrected chi connectivity index (χ0v) is 33.7. The molecule has 2 aromatic carbocycles. The first-order valence-electron chi connectivity index (χ1n) is 18.7. The summed E-state index contributed by atoms with van der Waals surface area (Å²) >= 11 is 0. The van der Waals surface area contributed by atoms with Gasteiger partial charge in [-0.1, -0.05) is 12.1 Å². The predicted molar refractivity (Wildman–Crippen MR) is 206 cm³/mol. The van der Waals surface area contributed by atoms with Crippen LogP contribution in [0.1, 0.15) is 111 Å². The smallest absolute Gasteiger partial charge is 0.292 e. The van der Waals surface area contributed by atoms with E-state index in [4.69, 9.17) is 15.1 Å². The molecule has 296 valence electrons. The maximum atomic E-state index is 12.7. The van der Waals surface area contributed by atoms with Crippen molar-refractivity contribution in [1.82, 2.24) is 19.6 Å². The molecule has 0 spiro atoms. The summed E-state index contributed by atoms with van der Waals surface area (Å²) in [4.78, 5) is 35.2. The van der Waals surface area contributed by atoms with Gasteiger partial charge in [-0.2, -0.15) is 10.2 Å². The Morgan fingerprint density at radius 2 is 1.11 bits per heavy atom. The highest BCUT2D eigenvalue weighted by Crippen LogP contribution is 2.40. The number of hydrogen-bond acceptors (Lipinski definition) is 11. The van der Waals surface area contributed by atoms with Crippen molar-refractivity contribution in [2.45, 2.75) is 107 Å². The number of rotatable bonds is 9. The molecular formula is C40H46N6O8S2. The van der Waals surface area contributed by atoms with Crippen LogP contribution in [0.15, 0.2) is 34.3 Å². The van der Waals surface area contributed by atoms with Crippen LogP contribution < -0.4 is 9.88 Å². The number of nitriles is 1. The van der Waals surface area contributed by atoms with Crippen molar-refractivity contribution >= 4 is 37.2 Å². The number of sulfonamides is 1. The number of aromatic nitrogens is 4. The summed E-state index contributed by atoms with van der Waals surface area (Å²) in [6.07, 6.45) is 15.1. The van der Waals surface area contributed by atoms with E-state index in [2.05, 4.69) is 22.3 Å². The average Bonchev–Trinajstić information content (AvgIpc) is 3.96. The fraction of sp³-hybridized carbons (Fsp3) is 0.450. The number of primary sulfonamides is 1. The molecule has 0 unspecified atom stereocenters. The zero-order chi connectivity index (χ0) is 40.5. The highest BCUT2D eigenvalue weighted by molar-refractivity contribution is 7.92. The molecular weight excluding hydrogens is 757 g/mol. The van der Waals surface area contributed by atoms with Gasteiger partial charge in [-0.25, -0.2) is 22.0 Å². The predicted octanol–water partition coefficient (Wildman–Crippen LogP) is 3.98. The summed E-state index contributed by atoms with van der Waals surface area (Å²) in [6, 6.07) is 7.04. The largest absolute Gasteiger partial charge is 0.387 e. The molecule has 2 aromatic heterocycles. The summed E-state index contributed by atoms with van der Waals surface area (Å²) in [7, 11) is -4.70. The summed E-state index contributed by atoms with van der Waals surface area (Å²) in [6.45, 7) is 2.68. The van der Waals surface area contributed by atoms with Crippen LogP contribution in [0.5, 0.6) is 5.75 Å². The number of carbonyl (C=O) groups is 3. The number of nitrogens with zero attached hydrogens (tertiary/aromatic N) is 5. The third kappa shape index (κ3) is 8.54.